The Balaban J connectivity index is 1.81. The van der Waals surface area contributed by atoms with Crippen LogP contribution in [0, 0.1) is 13.8 Å². The Morgan fingerprint density at radius 1 is 1.03 bits per heavy atom. The highest BCUT2D eigenvalue weighted by molar-refractivity contribution is 5.89. The molecule has 35 heavy (non-hydrogen) atoms. The maximum atomic E-state index is 13.8. The van der Waals surface area contributed by atoms with Crippen LogP contribution in [0.3, 0.4) is 0 Å². The standard InChI is InChI=1S/C29H32N4O2/c1-6-22-14-16-23(17-15-22)30-29(35)32(7-2)21(5)27-31-25-11-9-8-10-24(25)28(34)33(27)26-18-19(3)12-13-20(26)4/h8-18,21H,6-7H2,1-5H3,(H,30,35). The number of rotatable bonds is 6. The summed E-state index contributed by atoms with van der Waals surface area (Å²) in [5, 5.41) is 3.55. The number of urea groups is 1. The van der Waals surface area contributed by atoms with Crippen LogP contribution in [0.25, 0.3) is 16.6 Å². The highest BCUT2D eigenvalue weighted by Gasteiger charge is 2.26. The minimum absolute atomic E-state index is 0.141. The Labute approximate surface area is 206 Å². The summed E-state index contributed by atoms with van der Waals surface area (Å²) < 4.78 is 1.67. The Hall–Kier alpha value is -3.93. The molecule has 6 nitrogen and oxygen atoms in total. The lowest BCUT2D eigenvalue weighted by Gasteiger charge is -2.30. The van der Waals surface area contributed by atoms with E-state index in [2.05, 4.69) is 12.2 Å². The molecule has 0 saturated carbocycles. The SMILES string of the molecule is CCc1ccc(NC(=O)N(CC)C(C)c2nc3ccccc3c(=O)n2-c2cc(C)ccc2C)cc1. The van der Waals surface area contributed by atoms with Crippen LogP contribution in [-0.2, 0) is 6.42 Å². The maximum Gasteiger partial charge on any atom is 0.322 e. The molecule has 180 valence electrons. The first kappa shape index (κ1) is 24.2. The van der Waals surface area contributed by atoms with Gasteiger partial charge in [0.25, 0.3) is 5.56 Å². The number of fused-ring (bicyclic) bond motifs is 1. The number of anilines is 1. The zero-order chi connectivity index (χ0) is 25.1. The van der Waals surface area contributed by atoms with Gasteiger partial charge in [-0.3, -0.25) is 9.36 Å². The first-order valence-corrected chi connectivity index (χ1v) is 12.1. The lowest BCUT2D eigenvalue weighted by molar-refractivity contribution is 0.193. The summed E-state index contributed by atoms with van der Waals surface area (Å²) in [6.07, 6.45) is 0.940. The number of carbonyl (C=O) groups is 1. The van der Waals surface area contributed by atoms with Crippen molar-refractivity contribution in [2.24, 2.45) is 0 Å². The average molecular weight is 469 g/mol. The van der Waals surface area contributed by atoms with Gasteiger partial charge in [0, 0.05) is 12.2 Å². The van der Waals surface area contributed by atoms with Crippen molar-refractivity contribution in [1.82, 2.24) is 14.5 Å². The number of aromatic nitrogens is 2. The van der Waals surface area contributed by atoms with Crippen LogP contribution in [0.4, 0.5) is 10.5 Å². The van der Waals surface area contributed by atoms with Gasteiger partial charge >= 0.3 is 6.03 Å². The van der Waals surface area contributed by atoms with Crippen molar-refractivity contribution < 1.29 is 4.79 Å². The third-order valence-corrected chi connectivity index (χ3v) is 6.46. The molecule has 1 atom stereocenters. The quantitative estimate of drug-likeness (QED) is 0.367. The summed E-state index contributed by atoms with van der Waals surface area (Å²) >= 11 is 0. The third kappa shape index (κ3) is 4.83. The molecule has 0 aliphatic carbocycles. The minimum atomic E-state index is -0.452. The summed E-state index contributed by atoms with van der Waals surface area (Å²) in [6.45, 7) is 10.4. The van der Waals surface area contributed by atoms with Crippen LogP contribution >= 0.6 is 0 Å². The van der Waals surface area contributed by atoms with E-state index in [-0.39, 0.29) is 11.6 Å². The van der Waals surface area contributed by atoms with Gasteiger partial charge in [0.05, 0.1) is 22.6 Å². The fourth-order valence-corrected chi connectivity index (χ4v) is 4.38. The molecule has 2 amide bonds. The molecule has 0 spiro atoms. The number of hydrogen-bond acceptors (Lipinski definition) is 3. The first-order chi connectivity index (χ1) is 16.8. The van der Waals surface area contributed by atoms with Crippen LogP contribution in [0.5, 0.6) is 0 Å². The van der Waals surface area contributed by atoms with Gasteiger partial charge in [-0.25, -0.2) is 9.78 Å². The lowest BCUT2D eigenvalue weighted by atomic mass is 10.1. The van der Waals surface area contributed by atoms with Crippen LogP contribution in [0.1, 0.15) is 49.3 Å². The van der Waals surface area contributed by atoms with E-state index in [9.17, 15) is 9.59 Å². The third-order valence-electron chi connectivity index (χ3n) is 6.46. The van der Waals surface area contributed by atoms with Crippen molar-refractivity contribution in [3.8, 4) is 5.69 Å². The summed E-state index contributed by atoms with van der Waals surface area (Å²) in [4.78, 5) is 33.7. The summed E-state index contributed by atoms with van der Waals surface area (Å²) in [5.74, 6) is 0.528. The lowest BCUT2D eigenvalue weighted by Crippen LogP contribution is -2.39. The van der Waals surface area contributed by atoms with Crippen LogP contribution < -0.4 is 10.9 Å². The van der Waals surface area contributed by atoms with E-state index in [0.717, 1.165) is 28.9 Å². The minimum Gasteiger partial charge on any atom is -0.315 e. The Kier molecular flexibility index (Phi) is 7.01. The highest BCUT2D eigenvalue weighted by Crippen LogP contribution is 2.25. The van der Waals surface area contributed by atoms with Crippen molar-refractivity contribution in [2.45, 2.75) is 47.1 Å². The smallest absolute Gasteiger partial charge is 0.315 e. The summed E-state index contributed by atoms with van der Waals surface area (Å²) in [7, 11) is 0. The molecule has 4 aromatic rings. The van der Waals surface area contributed by atoms with Gasteiger partial charge in [0.2, 0.25) is 0 Å². The van der Waals surface area contributed by atoms with Gasteiger partial charge in [-0.1, -0.05) is 43.3 Å². The van der Waals surface area contributed by atoms with Gasteiger partial charge in [-0.15, -0.1) is 0 Å². The molecule has 0 aliphatic rings. The Morgan fingerprint density at radius 3 is 2.43 bits per heavy atom. The second-order valence-electron chi connectivity index (χ2n) is 8.86. The monoisotopic (exact) mass is 468 g/mol. The Bertz CT molecular complexity index is 1420. The Morgan fingerprint density at radius 2 is 1.74 bits per heavy atom. The van der Waals surface area contributed by atoms with E-state index in [0.29, 0.717) is 23.3 Å². The normalized spacial score (nSPS) is 11.9. The number of hydrogen-bond donors (Lipinski definition) is 1. The summed E-state index contributed by atoms with van der Waals surface area (Å²) in [5.41, 5.74) is 5.21. The molecule has 0 bridgehead atoms. The van der Waals surface area contributed by atoms with E-state index >= 15 is 0 Å². The van der Waals surface area contributed by atoms with Gasteiger partial charge in [-0.05, 0) is 81.1 Å². The maximum absolute atomic E-state index is 13.8. The van der Waals surface area contributed by atoms with Crippen molar-refractivity contribution in [3.05, 3.63) is 99.6 Å². The summed E-state index contributed by atoms with van der Waals surface area (Å²) in [6, 6.07) is 20.5. The second kappa shape index (κ2) is 10.1. The molecule has 0 radical (unpaired) electrons. The zero-order valence-electron chi connectivity index (χ0n) is 21.0. The molecule has 1 heterocycles. The number of benzene rings is 3. The van der Waals surface area contributed by atoms with Crippen molar-refractivity contribution >= 4 is 22.6 Å². The average Bonchev–Trinajstić information content (AvgIpc) is 2.86. The van der Waals surface area contributed by atoms with E-state index in [4.69, 9.17) is 4.98 Å². The molecule has 0 fully saturated rings. The molecule has 0 saturated heterocycles. The zero-order valence-corrected chi connectivity index (χ0v) is 21.0. The molecule has 1 aromatic heterocycles. The fraction of sp³-hybridized carbons (Fsp3) is 0.276. The van der Waals surface area contributed by atoms with E-state index < -0.39 is 6.04 Å². The number of para-hydroxylation sites is 1. The predicted molar refractivity (Wildman–Crippen MR) is 142 cm³/mol. The van der Waals surface area contributed by atoms with Gasteiger partial charge in [-0.2, -0.15) is 0 Å². The number of carbonyl (C=O) groups excluding carboxylic acids is 1. The van der Waals surface area contributed by atoms with Crippen molar-refractivity contribution in [1.29, 1.82) is 0 Å². The molecular formula is C29H32N4O2. The van der Waals surface area contributed by atoms with Gasteiger partial charge in [0.1, 0.15) is 5.82 Å². The molecule has 6 heteroatoms. The number of nitrogens with zero attached hydrogens (tertiary/aromatic N) is 3. The number of nitrogens with one attached hydrogen (secondary N) is 1. The first-order valence-electron chi connectivity index (χ1n) is 12.1. The van der Waals surface area contributed by atoms with Gasteiger partial charge in [0.15, 0.2) is 0 Å². The fourth-order valence-electron chi connectivity index (χ4n) is 4.38. The molecule has 1 N–H and O–H groups in total. The molecular weight excluding hydrogens is 436 g/mol. The van der Waals surface area contributed by atoms with Crippen molar-refractivity contribution in [3.63, 3.8) is 0 Å². The largest absolute Gasteiger partial charge is 0.322 e. The van der Waals surface area contributed by atoms with Crippen LogP contribution in [0.2, 0.25) is 0 Å². The van der Waals surface area contributed by atoms with E-state index in [1.165, 1.54) is 5.56 Å². The second-order valence-corrected chi connectivity index (χ2v) is 8.86. The number of aryl methyl sites for hydroxylation is 3. The van der Waals surface area contributed by atoms with E-state index in [1.54, 1.807) is 15.5 Å². The predicted octanol–water partition coefficient (Wildman–Crippen LogP) is 6.18. The molecule has 0 aliphatic heterocycles. The molecule has 4 rings (SSSR count). The molecule has 3 aromatic carbocycles. The van der Waals surface area contributed by atoms with Crippen LogP contribution in [-0.4, -0.2) is 27.0 Å². The van der Waals surface area contributed by atoms with Crippen LogP contribution in [0.15, 0.2) is 71.5 Å². The highest BCUT2D eigenvalue weighted by atomic mass is 16.2. The molecule has 1 unspecified atom stereocenters. The topological polar surface area (TPSA) is 67.2 Å². The number of amides is 2. The van der Waals surface area contributed by atoms with E-state index in [1.807, 2.05) is 88.4 Å². The van der Waals surface area contributed by atoms with Gasteiger partial charge < -0.3 is 10.2 Å². The van der Waals surface area contributed by atoms with Crippen molar-refractivity contribution in [2.75, 3.05) is 11.9 Å².